The average Bonchev–Trinajstić information content (AvgIpc) is 2.68. The predicted molar refractivity (Wildman–Crippen MR) is 120 cm³/mol. The molecule has 0 saturated heterocycles. The second kappa shape index (κ2) is 10.7. The molecule has 0 amide bonds. The number of ether oxygens (including phenoxy) is 1. The lowest BCUT2D eigenvalue weighted by Crippen LogP contribution is -2.35. The van der Waals surface area contributed by atoms with Gasteiger partial charge in [0.1, 0.15) is 5.75 Å². The van der Waals surface area contributed by atoms with E-state index in [0.717, 1.165) is 35.3 Å². The van der Waals surface area contributed by atoms with Gasteiger partial charge in [-0.1, -0.05) is 23.4 Å². The number of benzene rings is 2. The van der Waals surface area contributed by atoms with E-state index in [1.165, 1.54) is 0 Å². The highest BCUT2D eigenvalue weighted by atomic mass is 79.9. The van der Waals surface area contributed by atoms with Crippen molar-refractivity contribution in [2.75, 3.05) is 30.3 Å². The van der Waals surface area contributed by atoms with Gasteiger partial charge in [0.25, 0.3) is 0 Å². The van der Waals surface area contributed by atoms with Crippen LogP contribution in [-0.4, -0.2) is 36.4 Å². The molecule has 27 heavy (non-hydrogen) atoms. The van der Waals surface area contributed by atoms with Gasteiger partial charge >= 0.3 is 0 Å². The molecule has 0 bridgehead atoms. The molecule has 4 nitrogen and oxygen atoms in total. The first-order valence-corrected chi connectivity index (χ1v) is 10.00. The van der Waals surface area contributed by atoms with Crippen molar-refractivity contribution in [3.05, 3.63) is 59.1 Å². The largest absolute Gasteiger partial charge is 0.494 e. The summed E-state index contributed by atoms with van der Waals surface area (Å²) in [7, 11) is 0. The van der Waals surface area contributed by atoms with Gasteiger partial charge < -0.3 is 9.64 Å². The Morgan fingerprint density at radius 2 is 1.89 bits per heavy atom. The van der Waals surface area contributed by atoms with Crippen LogP contribution in [0.3, 0.4) is 0 Å². The Hall–Kier alpha value is -1.50. The number of ketones is 1. The first-order chi connectivity index (χ1) is 12.7. The molecule has 3 rings (SSSR count). The molecule has 2 aromatic carbocycles. The molecule has 0 fully saturated rings. The molecule has 144 valence electrons. The summed E-state index contributed by atoms with van der Waals surface area (Å²) in [5.41, 5.74) is 1.58. The lowest BCUT2D eigenvalue weighted by molar-refractivity contribution is 0.100. The third kappa shape index (κ3) is 5.99. The van der Waals surface area contributed by atoms with Gasteiger partial charge in [0.05, 0.1) is 13.2 Å². The Morgan fingerprint density at radius 3 is 2.48 bits per heavy atom. The van der Waals surface area contributed by atoms with Crippen LogP contribution in [0.15, 0.2) is 53.5 Å². The van der Waals surface area contributed by atoms with E-state index in [0.29, 0.717) is 17.2 Å². The zero-order valence-corrected chi connectivity index (χ0v) is 18.3. The first kappa shape index (κ1) is 21.8. The molecule has 0 saturated carbocycles. The van der Waals surface area contributed by atoms with Gasteiger partial charge in [-0.05, 0) is 61.9 Å². The van der Waals surface area contributed by atoms with Crippen LogP contribution in [0, 0.1) is 0 Å². The third-order valence-corrected chi connectivity index (χ3v) is 5.29. The monoisotopic (exact) mass is 468 g/mol. The molecule has 2 aromatic rings. The van der Waals surface area contributed by atoms with Crippen LogP contribution in [0.25, 0.3) is 0 Å². The SMILES string of the molecule is Br.CCOc1ccc(C(=O)CN(C2=NCCCS2)c2ccc(Cl)cc2)cc1. The quantitative estimate of drug-likeness (QED) is 0.524. The Balaban J connectivity index is 0.00000261. The number of anilines is 1. The van der Waals surface area contributed by atoms with E-state index in [2.05, 4.69) is 4.99 Å². The van der Waals surface area contributed by atoms with Gasteiger partial charge in [-0.3, -0.25) is 9.79 Å². The summed E-state index contributed by atoms with van der Waals surface area (Å²) >= 11 is 7.70. The summed E-state index contributed by atoms with van der Waals surface area (Å²) in [5.74, 6) is 1.82. The lowest BCUT2D eigenvalue weighted by Gasteiger charge is -2.27. The predicted octanol–water partition coefficient (Wildman–Crippen LogP) is 5.50. The number of aliphatic imine (C=N–C) groups is 1. The minimum Gasteiger partial charge on any atom is -0.494 e. The minimum atomic E-state index is 0. The molecule has 0 spiro atoms. The van der Waals surface area contributed by atoms with Crippen molar-refractivity contribution in [2.24, 2.45) is 4.99 Å². The summed E-state index contributed by atoms with van der Waals surface area (Å²) < 4.78 is 5.44. The van der Waals surface area contributed by atoms with E-state index < -0.39 is 0 Å². The molecule has 0 radical (unpaired) electrons. The molecule has 0 atom stereocenters. The Kier molecular flexibility index (Phi) is 8.67. The number of hydrogen-bond acceptors (Lipinski definition) is 5. The first-order valence-electron chi connectivity index (χ1n) is 8.64. The van der Waals surface area contributed by atoms with Gasteiger partial charge in [0.2, 0.25) is 0 Å². The average molecular weight is 470 g/mol. The highest BCUT2D eigenvalue weighted by Crippen LogP contribution is 2.25. The molecular weight excluding hydrogens is 448 g/mol. The molecular formula is C20H22BrClN2O2S. The molecule has 0 aliphatic carbocycles. The maximum absolute atomic E-state index is 12.8. The molecule has 0 N–H and O–H groups in total. The van der Waals surface area contributed by atoms with E-state index >= 15 is 0 Å². The van der Waals surface area contributed by atoms with Crippen LogP contribution in [0.5, 0.6) is 5.75 Å². The van der Waals surface area contributed by atoms with Crippen molar-refractivity contribution >= 4 is 57.0 Å². The fraction of sp³-hybridized carbons (Fsp3) is 0.300. The summed E-state index contributed by atoms with van der Waals surface area (Å²) in [6.45, 7) is 3.57. The smallest absolute Gasteiger partial charge is 0.182 e. The van der Waals surface area contributed by atoms with Crippen molar-refractivity contribution in [1.29, 1.82) is 0 Å². The summed E-state index contributed by atoms with van der Waals surface area (Å²) in [6.07, 6.45) is 1.06. The Labute approximate surface area is 179 Å². The number of thioether (sulfide) groups is 1. The second-order valence-electron chi connectivity index (χ2n) is 5.81. The number of carbonyl (C=O) groups excluding carboxylic acids is 1. The molecule has 1 aliphatic heterocycles. The highest BCUT2D eigenvalue weighted by molar-refractivity contribution is 8.93. The van der Waals surface area contributed by atoms with Gasteiger partial charge in [-0.2, -0.15) is 0 Å². The van der Waals surface area contributed by atoms with E-state index in [4.69, 9.17) is 16.3 Å². The lowest BCUT2D eigenvalue weighted by atomic mass is 10.1. The number of hydrogen-bond donors (Lipinski definition) is 0. The summed E-state index contributed by atoms with van der Waals surface area (Å²) in [6, 6.07) is 14.8. The van der Waals surface area contributed by atoms with E-state index in [9.17, 15) is 4.79 Å². The van der Waals surface area contributed by atoms with Crippen molar-refractivity contribution in [2.45, 2.75) is 13.3 Å². The van der Waals surface area contributed by atoms with Crippen molar-refractivity contribution in [3.63, 3.8) is 0 Å². The molecule has 1 aliphatic rings. The number of Topliss-reactive ketones (excluding diaryl/α,β-unsaturated/α-hetero) is 1. The Bertz CT molecular complexity index is 782. The summed E-state index contributed by atoms with van der Waals surface area (Å²) in [5, 5.41) is 1.56. The van der Waals surface area contributed by atoms with Gasteiger partial charge in [0, 0.05) is 28.6 Å². The molecule has 7 heteroatoms. The number of carbonyl (C=O) groups is 1. The standard InChI is InChI=1S/C20H21ClN2O2S.BrH/c1-2-25-18-10-4-15(5-11-18)19(24)14-23(20-22-12-3-13-26-20)17-8-6-16(21)7-9-17;/h4-11H,2-3,12-14H2,1H3;1H. The zero-order valence-electron chi connectivity index (χ0n) is 15.1. The van der Waals surface area contributed by atoms with Crippen LogP contribution in [0.2, 0.25) is 5.02 Å². The molecule has 0 unspecified atom stereocenters. The van der Waals surface area contributed by atoms with Crippen LogP contribution in [0.1, 0.15) is 23.7 Å². The normalized spacial score (nSPS) is 13.3. The van der Waals surface area contributed by atoms with Crippen molar-refractivity contribution < 1.29 is 9.53 Å². The van der Waals surface area contributed by atoms with Gasteiger partial charge in [-0.15, -0.1) is 17.0 Å². The van der Waals surface area contributed by atoms with Crippen LogP contribution >= 0.6 is 40.3 Å². The number of amidine groups is 1. The Morgan fingerprint density at radius 1 is 1.19 bits per heavy atom. The van der Waals surface area contributed by atoms with Crippen molar-refractivity contribution in [1.82, 2.24) is 0 Å². The minimum absolute atomic E-state index is 0. The fourth-order valence-corrected chi connectivity index (χ4v) is 3.73. The highest BCUT2D eigenvalue weighted by Gasteiger charge is 2.20. The third-order valence-electron chi connectivity index (χ3n) is 3.94. The maximum atomic E-state index is 12.8. The van der Waals surface area contributed by atoms with Gasteiger partial charge in [-0.25, -0.2) is 0 Å². The summed E-state index contributed by atoms with van der Waals surface area (Å²) in [4.78, 5) is 19.4. The van der Waals surface area contributed by atoms with Gasteiger partial charge in [0.15, 0.2) is 11.0 Å². The fourth-order valence-electron chi connectivity index (χ4n) is 2.64. The van der Waals surface area contributed by atoms with Crippen molar-refractivity contribution in [3.8, 4) is 5.75 Å². The molecule has 1 heterocycles. The van der Waals surface area contributed by atoms with Crippen LogP contribution in [-0.2, 0) is 0 Å². The number of nitrogens with zero attached hydrogens (tertiary/aromatic N) is 2. The zero-order chi connectivity index (χ0) is 18.4. The molecule has 0 aromatic heterocycles. The maximum Gasteiger partial charge on any atom is 0.182 e. The van der Waals surface area contributed by atoms with E-state index in [-0.39, 0.29) is 29.3 Å². The number of rotatable bonds is 6. The number of halogens is 2. The van der Waals surface area contributed by atoms with E-state index in [1.54, 1.807) is 11.8 Å². The van der Waals surface area contributed by atoms with E-state index in [1.807, 2.05) is 60.4 Å². The van der Waals surface area contributed by atoms with Crippen LogP contribution < -0.4 is 9.64 Å². The van der Waals surface area contributed by atoms with Crippen LogP contribution in [0.4, 0.5) is 5.69 Å². The topological polar surface area (TPSA) is 41.9 Å². The second-order valence-corrected chi connectivity index (χ2v) is 7.31.